The van der Waals surface area contributed by atoms with Gasteiger partial charge in [0, 0.05) is 38.6 Å². The topological polar surface area (TPSA) is 73.5 Å². The smallest absolute Gasteiger partial charge is 0.243 e. The minimum atomic E-state index is -3.68. The Morgan fingerprint density at radius 3 is 2.52 bits per heavy atom. The highest BCUT2D eigenvalue weighted by molar-refractivity contribution is 7.89. The molecule has 1 fully saturated rings. The van der Waals surface area contributed by atoms with E-state index in [1.54, 1.807) is 24.2 Å². The number of aromatic amines is 1. The monoisotopic (exact) mass is 365 g/mol. The summed E-state index contributed by atoms with van der Waals surface area (Å²) in [5, 5.41) is 0. The first-order chi connectivity index (χ1) is 11.9. The molecule has 1 aliphatic heterocycles. The Labute approximate surface area is 146 Å². The van der Waals surface area contributed by atoms with E-state index >= 15 is 0 Å². The molecule has 2 aromatic rings. The SMILES string of the molecule is Cc1cc(F)ccc1S(=O)(=O)N1CCN(C(=O)Cc2cc[nH]c2)CC1. The molecule has 3 rings (SSSR count). The molecule has 0 atom stereocenters. The van der Waals surface area contributed by atoms with E-state index in [1.165, 1.54) is 16.4 Å². The first-order valence-corrected chi connectivity index (χ1v) is 9.47. The molecular weight excluding hydrogens is 345 g/mol. The number of nitrogens with zero attached hydrogens (tertiary/aromatic N) is 2. The molecule has 0 aliphatic carbocycles. The second kappa shape index (κ2) is 6.97. The molecular formula is C17H20FN3O3S. The maximum absolute atomic E-state index is 13.2. The summed E-state index contributed by atoms with van der Waals surface area (Å²) in [7, 11) is -3.68. The molecule has 0 radical (unpaired) electrons. The number of carbonyl (C=O) groups is 1. The Morgan fingerprint density at radius 1 is 1.20 bits per heavy atom. The number of benzene rings is 1. The van der Waals surface area contributed by atoms with E-state index in [0.29, 0.717) is 25.1 Å². The van der Waals surface area contributed by atoms with Crippen molar-refractivity contribution in [3.05, 3.63) is 53.6 Å². The third-order valence-corrected chi connectivity index (χ3v) is 6.42. The van der Waals surface area contributed by atoms with E-state index < -0.39 is 15.8 Å². The number of aryl methyl sites for hydroxylation is 1. The maximum atomic E-state index is 13.2. The number of hydrogen-bond donors (Lipinski definition) is 1. The van der Waals surface area contributed by atoms with Gasteiger partial charge >= 0.3 is 0 Å². The number of H-pyrrole nitrogens is 1. The van der Waals surface area contributed by atoms with Gasteiger partial charge in [0.15, 0.2) is 0 Å². The van der Waals surface area contributed by atoms with Gasteiger partial charge in [-0.3, -0.25) is 4.79 Å². The molecule has 2 heterocycles. The molecule has 25 heavy (non-hydrogen) atoms. The van der Waals surface area contributed by atoms with E-state index in [1.807, 2.05) is 6.07 Å². The second-order valence-corrected chi connectivity index (χ2v) is 8.00. The Balaban J connectivity index is 1.66. The van der Waals surface area contributed by atoms with Crippen molar-refractivity contribution in [2.24, 2.45) is 0 Å². The Bertz CT molecular complexity index is 857. The van der Waals surface area contributed by atoms with Crippen molar-refractivity contribution >= 4 is 15.9 Å². The van der Waals surface area contributed by atoms with Crippen molar-refractivity contribution in [2.75, 3.05) is 26.2 Å². The first kappa shape index (κ1) is 17.6. The summed E-state index contributed by atoms with van der Waals surface area (Å²) in [5.74, 6) is -0.480. The lowest BCUT2D eigenvalue weighted by Crippen LogP contribution is -2.50. The van der Waals surface area contributed by atoms with Gasteiger partial charge in [-0.1, -0.05) is 0 Å². The van der Waals surface area contributed by atoms with Crippen LogP contribution in [0.25, 0.3) is 0 Å². The molecule has 1 aliphatic rings. The fourth-order valence-electron chi connectivity index (χ4n) is 2.97. The van der Waals surface area contributed by atoms with Crippen LogP contribution in [0.3, 0.4) is 0 Å². The number of nitrogens with one attached hydrogen (secondary N) is 1. The molecule has 8 heteroatoms. The quantitative estimate of drug-likeness (QED) is 0.893. The Hall–Kier alpha value is -2.19. The molecule has 1 aromatic carbocycles. The lowest BCUT2D eigenvalue weighted by molar-refractivity contribution is -0.131. The highest BCUT2D eigenvalue weighted by Crippen LogP contribution is 2.22. The largest absolute Gasteiger partial charge is 0.367 e. The van der Waals surface area contributed by atoms with Crippen molar-refractivity contribution in [1.29, 1.82) is 0 Å². The summed E-state index contributed by atoms with van der Waals surface area (Å²) in [4.78, 5) is 17.0. The molecule has 134 valence electrons. The maximum Gasteiger partial charge on any atom is 0.243 e. The number of sulfonamides is 1. The fourth-order valence-corrected chi connectivity index (χ4v) is 4.60. The van der Waals surface area contributed by atoms with Crippen molar-refractivity contribution < 1.29 is 17.6 Å². The van der Waals surface area contributed by atoms with E-state index in [2.05, 4.69) is 4.98 Å². The summed E-state index contributed by atoms with van der Waals surface area (Å²) in [6.45, 7) is 2.74. The molecule has 0 spiro atoms. The summed E-state index contributed by atoms with van der Waals surface area (Å²) in [5.41, 5.74) is 1.29. The molecule has 0 unspecified atom stereocenters. The number of halogens is 1. The van der Waals surface area contributed by atoms with Crippen molar-refractivity contribution in [3.8, 4) is 0 Å². The lowest BCUT2D eigenvalue weighted by atomic mass is 10.2. The number of aromatic nitrogens is 1. The standard InChI is InChI=1S/C17H20FN3O3S/c1-13-10-15(18)2-3-16(13)25(23,24)21-8-6-20(7-9-21)17(22)11-14-4-5-19-12-14/h2-5,10,12,19H,6-9,11H2,1H3. The minimum Gasteiger partial charge on any atom is -0.367 e. The van der Waals surface area contributed by atoms with Crippen LogP contribution in [0.15, 0.2) is 41.6 Å². The summed E-state index contributed by atoms with van der Waals surface area (Å²) in [6, 6.07) is 5.50. The van der Waals surface area contributed by atoms with Crippen LogP contribution in [0.1, 0.15) is 11.1 Å². The summed E-state index contributed by atoms with van der Waals surface area (Å²) < 4.78 is 40.1. The van der Waals surface area contributed by atoms with Crippen LogP contribution in [-0.2, 0) is 21.2 Å². The van der Waals surface area contributed by atoms with E-state index in [0.717, 1.165) is 11.6 Å². The van der Waals surface area contributed by atoms with Crippen molar-refractivity contribution in [3.63, 3.8) is 0 Å². The number of carbonyl (C=O) groups excluding carboxylic acids is 1. The zero-order valence-corrected chi connectivity index (χ0v) is 14.7. The lowest BCUT2D eigenvalue weighted by Gasteiger charge is -2.34. The third kappa shape index (κ3) is 3.74. The summed E-state index contributed by atoms with van der Waals surface area (Å²) >= 11 is 0. The molecule has 1 amide bonds. The second-order valence-electron chi connectivity index (χ2n) is 6.09. The Kier molecular flexibility index (Phi) is 4.91. The van der Waals surface area contributed by atoms with Crippen LogP contribution in [0.5, 0.6) is 0 Å². The number of rotatable bonds is 4. The van der Waals surface area contributed by atoms with Crippen LogP contribution in [0.4, 0.5) is 4.39 Å². The van der Waals surface area contributed by atoms with E-state index in [4.69, 9.17) is 0 Å². The predicted molar refractivity (Wildman–Crippen MR) is 91.0 cm³/mol. The van der Waals surface area contributed by atoms with Gasteiger partial charge < -0.3 is 9.88 Å². The molecule has 1 saturated heterocycles. The summed E-state index contributed by atoms with van der Waals surface area (Å²) in [6.07, 6.45) is 3.83. The van der Waals surface area contributed by atoms with Gasteiger partial charge in [0.2, 0.25) is 15.9 Å². The molecule has 1 aromatic heterocycles. The van der Waals surface area contributed by atoms with Gasteiger partial charge in [0.1, 0.15) is 5.82 Å². The van der Waals surface area contributed by atoms with E-state index in [9.17, 15) is 17.6 Å². The zero-order valence-electron chi connectivity index (χ0n) is 13.9. The van der Waals surface area contributed by atoms with Crippen LogP contribution in [-0.4, -0.2) is 54.7 Å². The molecule has 0 saturated carbocycles. The average molecular weight is 365 g/mol. The highest BCUT2D eigenvalue weighted by Gasteiger charge is 2.31. The minimum absolute atomic E-state index is 0.0189. The van der Waals surface area contributed by atoms with Gasteiger partial charge in [0.25, 0.3) is 0 Å². The van der Waals surface area contributed by atoms with Crippen molar-refractivity contribution in [1.82, 2.24) is 14.2 Å². The van der Waals surface area contributed by atoms with Gasteiger partial charge in [-0.15, -0.1) is 0 Å². The predicted octanol–water partition coefficient (Wildman–Crippen LogP) is 1.54. The first-order valence-electron chi connectivity index (χ1n) is 8.03. The van der Waals surface area contributed by atoms with Crippen LogP contribution in [0, 0.1) is 12.7 Å². The molecule has 0 bridgehead atoms. The van der Waals surface area contributed by atoms with E-state index in [-0.39, 0.29) is 23.9 Å². The Morgan fingerprint density at radius 2 is 1.92 bits per heavy atom. The number of piperazine rings is 1. The van der Waals surface area contributed by atoms with Crippen LogP contribution in [0.2, 0.25) is 0 Å². The third-order valence-electron chi connectivity index (χ3n) is 4.36. The van der Waals surface area contributed by atoms with Gasteiger partial charge in [-0.05, 0) is 42.3 Å². The molecule has 6 nitrogen and oxygen atoms in total. The van der Waals surface area contributed by atoms with Gasteiger partial charge in [-0.2, -0.15) is 4.31 Å². The van der Waals surface area contributed by atoms with Crippen LogP contribution < -0.4 is 0 Å². The van der Waals surface area contributed by atoms with Crippen molar-refractivity contribution in [2.45, 2.75) is 18.2 Å². The zero-order chi connectivity index (χ0) is 18.0. The highest BCUT2D eigenvalue weighted by atomic mass is 32.2. The number of amides is 1. The van der Waals surface area contributed by atoms with Gasteiger partial charge in [-0.25, -0.2) is 12.8 Å². The number of hydrogen-bond acceptors (Lipinski definition) is 3. The molecule has 1 N–H and O–H groups in total. The fraction of sp³-hybridized carbons (Fsp3) is 0.353. The van der Waals surface area contributed by atoms with Crippen LogP contribution >= 0.6 is 0 Å². The normalized spacial score (nSPS) is 16.2. The van der Waals surface area contributed by atoms with Gasteiger partial charge in [0.05, 0.1) is 11.3 Å². The average Bonchev–Trinajstić information content (AvgIpc) is 3.07.